The van der Waals surface area contributed by atoms with Crippen molar-refractivity contribution in [3.05, 3.63) is 81.4 Å². The zero-order valence-corrected chi connectivity index (χ0v) is 21.3. The summed E-state index contributed by atoms with van der Waals surface area (Å²) in [5.41, 5.74) is 0.397. The van der Waals surface area contributed by atoms with Gasteiger partial charge in [-0.05, 0) is 44.2 Å². The van der Waals surface area contributed by atoms with E-state index in [1.54, 1.807) is 12.1 Å². The Morgan fingerprint density at radius 2 is 1.38 bits per heavy atom. The standard InChI is InChI=1S/C25H24NO10P/c1-15(27)21-9-7-19(32-3)12-24(21)35-37(34-14-17-5-6-18(26(30)31)11-23(17)29)36-25-13-20(33-4)8-10-22(25)16(2)28/h5-13,29H,14H2,1-4H3. The van der Waals surface area contributed by atoms with Crippen LogP contribution in [0, 0.1) is 10.1 Å². The molecule has 0 amide bonds. The Labute approximate surface area is 213 Å². The Bertz CT molecular complexity index is 1260. The zero-order chi connectivity index (χ0) is 27.1. The van der Waals surface area contributed by atoms with Crippen LogP contribution in [0.1, 0.15) is 40.1 Å². The third-order valence-electron chi connectivity index (χ3n) is 5.09. The van der Waals surface area contributed by atoms with Crippen LogP contribution in [0.5, 0.6) is 28.7 Å². The van der Waals surface area contributed by atoms with Gasteiger partial charge < -0.3 is 23.6 Å². The normalized spacial score (nSPS) is 10.6. The van der Waals surface area contributed by atoms with Crippen molar-refractivity contribution in [2.45, 2.75) is 20.5 Å². The molecule has 0 unspecified atom stereocenters. The van der Waals surface area contributed by atoms with E-state index in [0.29, 0.717) is 11.5 Å². The van der Waals surface area contributed by atoms with Crippen molar-refractivity contribution >= 4 is 25.9 Å². The summed E-state index contributed by atoms with van der Waals surface area (Å²) in [6.45, 7) is 2.46. The number of hydrogen-bond donors (Lipinski definition) is 1. The van der Waals surface area contributed by atoms with Crippen molar-refractivity contribution in [1.82, 2.24) is 0 Å². The zero-order valence-electron chi connectivity index (χ0n) is 20.4. The van der Waals surface area contributed by atoms with Gasteiger partial charge in [-0.25, -0.2) is 0 Å². The molecule has 3 aromatic carbocycles. The third-order valence-corrected chi connectivity index (χ3v) is 6.12. The molecule has 3 rings (SSSR count). The molecular formula is C25H24NO10P. The summed E-state index contributed by atoms with van der Waals surface area (Å²) in [5, 5.41) is 21.2. The minimum atomic E-state index is -2.35. The average Bonchev–Trinajstić information content (AvgIpc) is 2.87. The number of methoxy groups -OCH3 is 2. The van der Waals surface area contributed by atoms with E-state index < -0.39 is 13.5 Å². The summed E-state index contributed by atoms with van der Waals surface area (Å²) < 4.78 is 28.2. The van der Waals surface area contributed by atoms with Crippen LogP contribution < -0.4 is 18.5 Å². The average molecular weight is 529 g/mol. The highest BCUT2D eigenvalue weighted by atomic mass is 31.2. The maximum Gasteiger partial charge on any atom is 0.463 e. The largest absolute Gasteiger partial charge is 0.507 e. The highest BCUT2D eigenvalue weighted by molar-refractivity contribution is 7.42. The summed E-state index contributed by atoms with van der Waals surface area (Å²) in [7, 11) is 0.560. The predicted molar refractivity (Wildman–Crippen MR) is 134 cm³/mol. The van der Waals surface area contributed by atoms with Crippen LogP contribution in [-0.2, 0) is 11.1 Å². The highest BCUT2D eigenvalue weighted by Crippen LogP contribution is 2.46. The van der Waals surface area contributed by atoms with Gasteiger partial charge in [0.05, 0.1) is 42.9 Å². The fraction of sp³-hybridized carbons (Fsp3) is 0.200. The van der Waals surface area contributed by atoms with Crippen molar-refractivity contribution in [3.63, 3.8) is 0 Å². The first-order chi connectivity index (χ1) is 17.6. The van der Waals surface area contributed by atoms with Gasteiger partial charge in [-0.15, -0.1) is 0 Å². The third kappa shape index (κ3) is 6.93. The van der Waals surface area contributed by atoms with Gasteiger partial charge in [0.25, 0.3) is 5.69 Å². The van der Waals surface area contributed by atoms with Gasteiger partial charge in [-0.3, -0.25) is 24.2 Å². The number of phenols is 1. The monoisotopic (exact) mass is 529 g/mol. The number of nitrogens with zero attached hydrogens (tertiary/aromatic N) is 1. The fourth-order valence-electron chi connectivity index (χ4n) is 3.13. The smallest absolute Gasteiger partial charge is 0.463 e. The second-order valence-electron chi connectivity index (χ2n) is 7.59. The number of benzene rings is 3. The lowest BCUT2D eigenvalue weighted by Crippen LogP contribution is -2.06. The molecule has 0 aliphatic carbocycles. The molecule has 11 nitrogen and oxygen atoms in total. The van der Waals surface area contributed by atoms with Crippen LogP contribution in [0.2, 0.25) is 0 Å². The van der Waals surface area contributed by atoms with Crippen molar-refractivity contribution < 1.29 is 42.7 Å². The first-order valence-electron chi connectivity index (χ1n) is 10.8. The van der Waals surface area contributed by atoms with E-state index in [2.05, 4.69) is 0 Å². The van der Waals surface area contributed by atoms with Gasteiger partial charge in [0.1, 0.15) is 28.7 Å². The van der Waals surface area contributed by atoms with E-state index in [1.165, 1.54) is 64.5 Å². The lowest BCUT2D eigenvalue weighted by molar-refractivity contribution is -0.385. The number of rotatable bonds is 12. The summed E-state index contributed by atoms with van der Waals surface area (Å²) in [6.07, 6.45) is 0. The van der Waals surface area contributed by atoms with Crippen LogP contribution in [0.4, 0.5) is 5.69 Å². The summed E-state index contributed by atoms with van der Waals surface area (Å²) in [5.74, 6) is 0.109. The van der Waals surface area contributed by atoms with E-state index in [-0.39, 0.29) is 57.8 Å². The van der Waals surface area contributed by atoms with Gasteiger partial charge in [-0.1, -0.05) is 0 Å². The van der Waals surface area contributed by atoms with E-state index in [4.69, 9.17) is 23.0 Å². The van der Waals surface area contributed by atoms with Gasteiger partial charge in [0.15, 0.2) is 11.6 Å². The number of carbonyl (C=O) groups excluding carboxylic acids is 2. The molecule has 0 saturated heterocycles. The molecule has 0 aromatic heterocycles. The maximum atomic E-state index is 12.2. The molecule has 0 aliphatic rings. The van der Waals surface area contributed by atoms with Crippen LogP contribution in [0.25, 0.3) is 0 Å². The molecule has 0 bridgehead atoms. The van der Waals surface area contributed by atoms with Gasteiger partial charge in [0, 0.05) is 23.8 Å². The van der Waals surface area contributed by atoms with Crippen molar-refractivity contribution in [1.29, 1.82) is 0 Å². The molecule has 194 valence electrons. The molecule has 1 N–H and O–H groups in total. The minimum Gasteiger partial charge on any atom is -0.507 e. The second kappa shape index (κ2) is 12.2. The molecule has 12 heteroatoms. The second-order valence-corrected chi connectivity index (χ2v) is 8.66. The number of ether oxygens (including phenoxy) is 2. The molecular weight excluding hydrogens is 505 g/mol. The van der Waals surface area contributed by atoms with E-state index in [1.807, 2.05) is 0 Å². The van der Waals surface area contributed by atoms with Crippen LogP contribution in [0.15, 0.2) is 54.6 Å². The van der Waals surface area contributed by atoms with Gasteiger partial charge >= 0.3 is 8.60 Å². The van der Waals surface area contributed by atoms with Crippen LogP contribution in [-0.4, -0.2) is 35.8 Å². The topological polar surface area (TPSA) is 144 Å². The predicted octanol–water partition coefficient (Wildman–Crippen LogP) is 5.62. The quantitative estimate of drug-likeness (QED) is 0.136. The van der Waals surface area contributed by atoms with Gasteiger partial charge in [-0.2, -0.15) is 0 Å². The molecule has 0 saturated carbocycles. The fourth-order valence-corrected chi connectivity index (χ4v) is 4.14. The van der Waals surface area contributed by atoms with Crippen LogP contribution in [0.3, 0.4) is 0 Å². The molecule has 0 spiro atoms. The molecule has 0 radical (unpaired) electrons. The van der Waals surface area contributed by atoms with E-state index >= 15 is 0 Å². The highest BCUT2D eigenvalue weighted by Gasteiger charge is 2.25. The number of Topliss-reactive ketones (excluding diaryl/α,β-unsaturated/α-hetero) is 2. The summed E-state index contributed by atoms with van der Waals surface area (Å²) in [6, 6.07) is 12.8. The Kier molecular flexibility index (Phi) is 9.00. The molecule has 37 heavy (non-hydrogen) atoms. The number of non-ortho nitro benzene ring substituents is 1. The minimum absolute atomic E-state index is 0.109. The van der Waals surface area contributed by atoms with Crippen molar-refractivity contribution in [2.75, 3.05) is 14.2 Å². The lowest BCUT2D eigenvalue weighted by atomic mass is 10.1. The molecule has 3 aromatic rings. The molecule has 0 atom stereocenters. The number of aromatic hydroxyl groups is 1. The van der Waals surface area contributed by atoms with Crippen molar-refractivity contribution in [2.24, 2.45) is 0 Å². The number of nitro groups is 1. The number of carbonyl (C=O) groups is 2. The SMILES string of the molecule is COc1ccc(C(C)=O)c(OP(OCc2ccc([N+](=O)[O-])cc2O)Oc2cc(OC)ccc2C(C)=O)c1. The Hall–Kier alpha value is -4.21. The lowest BCUT2D eigenvalue weighted by Gasteiger charge is -2.21. The molecule has 0 fully saturated rings. The first-order valence-corrected chi connectivity index (χ1v) is 11.9. The number of nitro benzene ring substituents is 1. The summed E-state index contributed by atoms with van der Waals surface area (Å²) in [4.78, 5) is 34.7. The first kappa shape index (κ1) is 27.4. The molecule has 0 heterocycles. The molecule has 0 aliphatic heterocycles. The van der Waals surface area contributed by atoms with Crippen LogP contribution >= 0.6 is 8.60 Å². The van der Waals surface area contributed by atoms with E-state index in [9.17, 15) is 24.8 Å². The van der Waals surface area contributed by atoms with Crippen molar-refractivity contribution in [3.8, 4) is 28.7 Å². The summed E-state index contributed by atoms with van der Waals surface area (Å²) >= 11 is 0. The number of phenolic OH excluding ortho intramolecular Hbond substituents is 1. The Morgan fingerprint density at radius 1 is 0.865 bits per heavy atom. The Morgan fingerprint density at radius 3 is 1.78 bits per heavy atom. The maximum absolute atomic E-state index is 12.2. The van der Waals surface area contributed by atoms with Gasteiger partial charge in [0.2, 0.25) is 0 Å². The Balaban J connectivity index is 1.98. The number of ketones is 2. The van der Waals surface area contributed by atoms with E-state index in [0.717, 1.165) is 6.07 Å². The number of hydrogen-bond acceptors (Lipinski definition) is 10.